The number of nitriles is 1. The molecule has 0 bridgehead atoms. The molecule has 0 aliphatic heterocycles. The van der Waals surface area contributed by atoms with Gasteiger partial charge in [0.1, 0.15) is 11.3 Å². The second-order valence-electron chi connectivity index (χ2n) is 9.01. The summed E-state index contributed by atoms with van der Waals surface area (Å²) in [4.78, 5) is 9.60. The van der Waals surface area contributed by atoms with Crippen LogP contribution < -0.4 is 0 Å². The molecule has 176 valence electrons. The van der Waals surface area contributed by atoms with Gasteiger partial charge in [0, 0.05) is 23.5 Å². The van der Waals surface area contributed by atoms with E-state index < -0.39 is 10.0 Å². The predicted molar refractivity (Wildman–Crippen MR) is 131 cm³/mol. The monoisotopic (exact) mass is 485 g/mol. The fraction of sp³-hybridized carbons (Fsp3) is 0.269. The van der Waals surface area contributed by atoms with Crippen molar-refractivity contribution in [1.29, 1.82) is 5.26 Å². The van der Waals surface area contributed by atoms with Gasteiger partial charge in [-0.1, -0.05) is 18.2 Å². The van der Waals surface area contributed by atoms with E-state index in [0.717, 1.165) is 37.0 Å². The Morgan fingerprint density at radius 3 is 2.51 bits per heavy atom. The van der Waals surface area contributed by atoms with Crippen molar-refractivity contribution in [3.63, 3.8) is 0 Å². The van der Waals surface area contributed by atoms with Gasteiger partial charge in [-0.25, -0.2) is 22.4 Å². The van der Waals surface area contributed by atoms with Gasteiger partial charge >= 0.3 is 0 Å². The summed E-state index contributed by atoms with van der Waals surface area (Å²) >= 11 is 0. The van der Waals surface area contributed by atoms with E-state index in [1.165, 1.54) is 3.97 Å². The lowest BCUT2D eigenvalue weighted by Crippen LogP contribution is -2.18. The number of hydrogen-bond acceptors (Lipinski definition) is 6. The zero-order valence-corrected chi connectivity index (χ0v) is 19.9. The van der Waals surface area contributed by atoms with Gasteiger partial charge in [-0.15, -0.1) is 0 Å². The molecule has 1 aliphatic rings. The van der Waals surface area contributed by atoms with Crippen molar-refractivity contribution in [3.8, 4) is 17.7 Å². The highest BCUT2D eigenvalue weighted by Gasteiger charge is 2.29. The summed E-state index contributed by atoms with van der Waals surface area (Å²) in [5, 5.41) is 10.1. The van der Waals surface area contributed by atoms with Crippen LogP contribution in [0.4, 0.5) is 0 Å². The van der Waals surface area contributed by atoms with E-state index in [1.807, 2.05) is 19.1 Å². The van der Waals surface area contributed by atoms with Crippen LogP contribution in [0.15, 0.2) is 70.2 Å². The molecule has 5 aromatic rings. The summed E-state index contributed by atoms with van der Waals surface area (Å²) < 4.78 is 36.1. The number of rotatable bonds is 4. The summed E-state index contributed by atoms with van der Waals surface area (Å²) in [7, 11) is -3.81. The first-order valence-corrected chi connectivity index (χ1v) is 13.1. The molecule has 1 fully saturated rings. The molecule has 0 unspecified atom stereocenters. The lowest BCUT2D eigenvalue weighted by atomic mass is 9.86. The molecule has 1 aromatic carbocycles. The van der Waals surface area contributed by atoms with Crippen LogP contribution in [0.2, 0.25) is 0 Å². The number of nitrogens with zero attached hydrogens (tertiary/aromatic N) is 5. The molecule has 0 N–H and O–H groups in total. The molecule has 8 nitrogen and oxygen atoms in total. The standard InChI is InChI=1S/C26H23N5O3S/c1-17-7-12-23(34-17)26-29-22-16-28-25-21(24(22)31(26)19-10-8-18(15-27)9-11-19)13-14-30(25)35(32,33)20-5-3-2-4-6-20/h2-7,12-14,16,18-19H,8-11H2,1H3/t18-,19-. The smallest absolute Gasteiger partial charge is 0.269 e. The van der Waals surface area contributed by atoms with E-state index in [1.54, 1.807) is 48.8 Å². The summed E-state index contributed by atoms with van der Waals surface area (Å²) in [5.41, 5.74) is 1.87. The summed E-state index contributed by atoms with van der Waals surface area (Å²) in [6.07, 6.45) is 6.49. The predicted octanol–water partition coefficient (Wildman–Crippen LogP) is 5.45. The third kappa shape index (κ3) is 3.44. The highest BCUT2D eigenvalue weighted by molar-refractivity contribution is 7.90. The molecular weight excluding hydrogens is 462 g/mol. The molecule has 0 spiro atoms. The molecular formula is C26H23N5O3S. The fourth-order valence-electron chi connectivity index (χ4n) is 5.09. The van der Waals surface area contributed by atoms with Gasteiger partial charge < -0.3 is 8.98 Å². The molecule has 0 saturated heterocycles. The zero-order valence-electron chi connectivity index (χ0n) is 19.1. The molecule has 1 saturated carbocycles. The number of fused-ring (bicyclic) bond motifs is 3. The largest absolute Gasteiger partial charge is 0.458 e. The number of benzene rings is 1. The van der Waals surface area contributed by atoms with Crippen LogP contribution in [0.5, 0.6) is 0 Å². The number of imidazole rings is 1. The Hall–Kier alpha value is -3.90. The Balaban J connectivity index is 1.59. The fourth-order valence-corrected chi connectivity index (χ4v) is 6.42. The molecule has 0 amide bonds. The normalized spacial score (nSPS) is 18.7. The first-order chi connectivity index (χ1) is 17.0. The van der Waals surface area contributed by atoms with Crippen LogP contribution in [-0.4, -0.2) is 26.9 Å². The Kier molecular flexibility index (Phi) is 5.00. The van der Waals surface area contributed by atoms with Gasteiger partial charge in [-0.05, 0) is 62.9 Å². The Morgan fingerprint density at radius 1 is 1.06 bits per heavy atom. The Morgan fingerprint density at radius 2 is 1.83 bits per heavy atom. The minimum absolute atomic E-state index is 0.0640. The first-order valence-electron chi connectivity index (χ1n) is 11.6. The number of hydrogen-bond donors (Lipinski definition) is 0. The van der Waals surface area contributed by atoms with Crippen molar-refractivity contribution < 1.29 is 12.8 Å². The van der Waals surface area contributed by atoms with Crippen molar-refractivity contribution in [2.75, 3.05) is 0 Å². The molecule has 0 radical (unpaired) electrons. The topological polar surface area (TPSA) is 107 Å². The van der Waals surface area contributed by atoms with Gasteiger partial charge in [-0.2, -0.15) is 5.26 Å². The summed E-state index contributed by atoms with van der Waals surface area (Å²) in [6.45, 7) is 1.89. The number of aromatic nitrogens is 4. The molecule has 4 aromatic heterocycles. The van der Waals surface area contributed by atoms with Crippen LogP contribution >= 0.6 is 0 Å². The molecule has 35 heavy (non-hydrogen) atoms. The lowest BCUT2D eigenvalue weighted by Gasteiger charge is -2.27. The third-order valence-electron chi connectivity index (χ3n) is 6.83. The molecule has 4 heterocycles. The second kappa shape index (κ2) is 8.10. The quantitative estimate of drug-likeness (QED) is 0.335. The van der Waals surface area contributed by atoms with Crippen molar-refractivity contribution in [3.05, 3.63) is 66.7 Å². The van der Waals surface area contributed by atoms with E-state index in [9.17, 15) is 13.7 Å². The number of furan rings is 1. The van der Waals surface area contributed by atoms with E-state index in [0.29, 0.717) is 28.1 Å². The maximum atomic E-state index is 13.4. The van der Waals surface area contributed by atoms with Crippen LogP contribution in [0.3, 0.4) is 0 Å². The molecule has 0 atom stereocenters. The van der Waals surface area contributed by atoms with Crippen molar-refractivity contribution in [1.82, 2.24) is 18.5 Å². The van der Waals surface area contributed by atoms with Gasteiger partial charge in [0.25, 0.3) is 10.0 Å². The SMILES string of the molecule is Cc1ccc(-c2nc3cnc4c(ccn4S(=O)(=O)c4ccccc4)c3n2[C@H]2CC[C@H](C#N)CC2)o1. The van der Waals surface area contributed by atoms with Crippen LogP contribution in [0.1, 0.15) is 37.5 Å². The average molecular weight is 486 g/mol. The van der Waals surface area contributed by atoms with Crippen molar-refractivity contribution >= 4 is 32.1 Å². The van der Waals surface area contributed by atoms with E-state index in [-0.39, 0.29) is 16.9 Å². The maximum Gasteiger partial charge on any atom is 0.269 e. The van der Waals surface area contributed by atoms with E-state index in [4.69, 9.17) is 9.40 Å². The first kappa shape index (κ1) is 21.6. The highest BCUT2D eigenvalue weighted by atomic mass is 32.2. The number of pyridine rings is 1. The van der Waals surface area contributed by atoms with Gasteiger partial charge in [0.05, 0.1) is 22.7 Å². The van der Waals surface area contributed by atoms with Crippen LogP contribution in [0, 0.1) is 24.2 Å². The van der Waals surface area contributed by atoms with E-state index in [2.05, 4.69) is 15.6 Å². The zero-order chi connectivity index (χ0) is 24.2. The van der Waals surface area contributed by atoms with Crippen molar-refractivity contribution in [2.24, 2.45) is 5.92 Å². The third-order valence-corrected chi connectivity index (χ3v) is 8.51. The van der Waals surface area contributed by atoms with Gasteiger partial charge in [0.15, 0.2) is 17.2 Å². The summed E-state index contributed by atoms with van der Waals surface area (Å²) in [5.74, 6) is 2.20. The Labute approximate surface area is 202 Å². The summed E-state index contributed by atoms with van der Waals surface area (Å²) in [6, 6.07) is 16.5. The van der Waals surface area contributed by atoms with Crippen LogP contribution in [0.25, 0.3) is 33.7 Å². The molecule has 6 rings (SSSR count). The highest BCUT2D eigenvalue weighted by Crippen LogP contribution is 2.40. The van der Waals surface area contributed by atoms with Crippen LogP contribution in [-0.2, 0) is 10.0 Å². The average Bonchev–Trinajstić information content (AvgIpc) is 3.60. The van der Waals surface area contributed by atoms with Gasteiger partial charge in [-0.3, -0.25) is 0 Å². The maximum absolute atomic E-state index is 13.4. The van der Waals surface area contributed by atoms with E-state index >= 15 is 0 Å². The Bertz CT molecular complexity index is 1700. The minimum Gasteiger partial charge on any atom is -0.458 e. The molecule has 9 heteroatoms. The van der Waals surface area contributed by atoms with Gasteiger partial charge in [0.2, 0.25) is 0 Å². The lowest BCUT2D eigenvalue weighted by molar-refractivity contribution is 0.319. The second-order valence-corrected chi connectivity index (χ2v) is 10.8. The molecule has 1 aliphatic carbocycles. The van der Waals surface area contributed by atoms with Crippen molar-refractivity contribution in [2.45, 2.75) is 43.5 Å². The number of aryl methyl sites for hydroxylation is 1. The minimum atomic E-state index is -3.81.